The quantitative estimate of drug-likeness (QED) is 0.748. The SMILES string of the molecule is CCOC(=O)[C@@H]1CCCN(CC(=O)N[C@](C)(C#N)C(C)C)C1. The smallest absolute Gasteiger partial charge is 0.310 e. The predicted molar refractivity (Wildman–Crippen MR) is 82.8 cm³/mol. The van der Waals surface area contributed by atoms with Crippen molar-refractivity contribution in [3.05, 3.63) is 0 Å². The van der Waals surface area contributed by atoms with Crippen LogP contribution in [0.25, 0.3) is 0 Å². The number of piperidine rings is 1. The third-order valence-corrected chi connectivity index (χ3v) is 4.28. The lowest BCUT2D eigenvalue weighted by Crippen LogP contribution is -2.53. The lowest BCUT2D eigenvalue weighted by molar-refractivity contribution is -0.150. The lowest BCUT2D eigenvalue weighted by Gasteiger charge is -2.33. The fourth-order valence-corrected chi connectivity index (χ4v) is 2.49. The van der Waals surface area contributed by atoms with E-state index in [4.69, 9.17) is 4.74 Å². The minimum absolute atomic E-state index is 0.0232. The molecule has 1 aliphatic rings. The molecule has 22 heavy (non-hydrogen) atoms. The molecule has 0 aliphatic carbocycles. The monoisotopic (exact) mass is 309 g/mol. The molecule has 124 valence electrons. The molecule has 1 amide bonds. The largest absolute Gasteiger partial charge is 0.466 e. The molecule has 1 fully saturated rings. The molecule has 0 aromatic rings. The molecule has 6 nitrogen and oxygen atoms in total. The van der Waals surface area contributed by atoms with E-state index in [9.17, 15) is 14.9 Å². The number of nitriles is 1. The van der Waals surface area contributed by atoms with Crippen LogP contribution in [0.3, 0.4) is 0 Å². The van der Waals surface area contributed by atoms with Crippen molar-refractivity contribution in [1.29, 1.82) is 5.26 Å². The topological polar surface area (TPSA) is 82.4 Å². The van der Waals surface area contributed by atoms with Gasteiger partial charge in [-0.1, -0.05) is 13.8 Å². The molecule has 1 saturated heterocycles. The molecule has 1 aliphatic heterocycles. The van der Waals surface area contributed by atoms with E-state index in [0.717, 1.165) is 19.4 Å². The van der Waals surface area contributed by atoms with E-state index in [1.165, 1.54) is 0 Å². The second kappa shape index (κ2) is 8.14. The van der Waals surface area contributed by atoms with Crippen molar-refractivity contribution in [2.24, 2.45) is 11.8 Å². The summed E-state index contributed by atoms with van der Waals surface area (Å²) in [4.78, 5) is 25.9. The second-order valence-electron chi connectivity index (χ2n) is 6.34. The van der Waals surface area contributed by atoms with E-state index in [2.05, 4.69) is 11.4 Å². The van der Waals surface area contributed by atoms with Crippen molar-refractivity contribution >= 4 is 11.9 Å². The van der Waals surface area contributed by atoms with Gasteiger partial charge in [0.25, 0.3) is 0 Å². The van der Waals surface area contributed by atoms with Crippen LogP contribution in [0.4, 0.5) is 0 Å². The van der Waals surface area contributed by atoms with E-state index < -0.39 is 5.54 Å². The van der Waals surface area contributed by atoms with E-state index >= 15 is 0 Å². The summed E-state index contributed by atoms with van der Waals surface area (Å²) >= 11 is 0. The van der Waals surface area contributed by atoms with Crippen LogP contribution in [0.15, 0.2) is 0 Å². The number of carbonyl (C=O) groups excluding carboxylic acids is 2. The molecular formula is C16H27N3O3. The zero-order valence-electron chi connectivity index (χ0n) is 14.0. The number of hydrogen-bond donors (Lipinski definition) is 1. The Balaban J connectivity index is 2.54. The third-order valence-electron chi connectivity index (χ3n) is 4.28. The minimum Gasteiger partial charge on any atom is -0.466 e. The van der Waals surface area contributed by atoms with Gasteiger partial charge < -0.3 is 10.1 Å². The first-order valence-corrected chi connectivity index (χ1v) is 7.93. The first-order valence-electron chi connectivity index (χ1n) is 7.93. The van der Waals surface area contributed by atoms with Gasteiger partial charge in [-0.15, -0.1) is 0 Å². The maximum absolute atomic E-state index is 12.2. The van der Waals surface area contributed by atoms with Gasteiger partial charge in [-0.25, -0.2) is 0 Å². The van der Waals surface area contributed by atoms with Gasteiger partial charge in [0.05, 0.1) is 25.1 Å². The highest BCUT2D eigenvalue weighted by atomic mass is 16.5. The summed E-state index contributed by atoms with van der Waals surface area (Å²) in [6.45, 7) is 9.24. The first kappa shape index (κ1) is 18.4. The number of amides is 1. The molecule has 2 atom stereocenters. The van der Waals surface area contributed by atoms with E-state index in [0.29, 0.717) is 13.2 Å². The fraction of sp³-hybridized carbons (Fsp3) is 0.812. The highest BCUT2D eigenvalue weighted by Gasteiger charge is 2.32. The number of esters is 1. The summed E-state index contributed by atoms with van der Waals surface area (Å²) in [6, 6.07) is 2.17. The molecule has 6 heteroatoms. The number of nitrogens with one attached hydrogen (secondary N) is 1. The average molecular weight is 309 g/mol. The van der Waals surface area contributed by atoms with E-state index in [1.807, 2.05) is 18.7 Å². The Morgan fingerprint density at radius 2 is 2.18 bits per heavy atom. The van der Waals surface area contributed by atoms with Crippen LogP contribution in [-0.2, 0) is 14.3 Å². The molecule has 0 saturated carbocycles. The van der Waals surface area contributed by atoms with Gasteiger partial charge in [0.2, 0.25) is 5.91 Å². The van der Waals surface area contributed by atoms with Crippen molar-refractivity contribution in [2.75, 3.05) is 26.2 Å². The molecule has 0 bridgehead atoms. The zero-order valence-corrected chi connectivity index (χ0v) is 14.0. The molecule has 1 N–H and O–H groups in total. The molecule has 0 unspecified atom stereocenters. The number of hydrogen-bond acceptors (Lipinski definition) is 5. The van der Waals surface area contributed by atoms with Crippen LogP contribution in [0.5, 0.6) is 0 Å². The van der Waals surface area contributed by atoms with Crippen LogP contribution >= 0.6 is 0 Å². The number of rotatable bonds is 6. The standard InChI is InChI=1S/C16H27N3O3/c1-5-22-15(21)13-7-6-8-19(9-13)10-14(20)18-16(4,11-17)12(2)3/h12-13H,5-10H2,1-4H3,(H,18,20)/t13-,16-/m1/s1. The van der Waals surface area contributed by atoms with E-state index in [-0.39, 0.29) is 30.3 Å². The molecule has 0 aromatic heterocycles. The first-order chi connectivity index (χ1) is 10.3. The summed E-state index contributed by atoms with van der Waals surface area (Å²) in [7, 11) is 0. The molecule has 0 spiro atoms. The zero-order chi connectivity index (χ0) is 16.8. The average Bonchev–Trinajstić information content (AvgIpc) is 2.47. The number of carbonyl (C=O) groups is 2. The summed E-state index contributed by atoms with van der Waals surface area (Å²) < 4.78 is 5.05. The van der Waals surface area contributed by atoms with Gasteiger partial charge in [0.15, 0.2) is 0 Å². The Bertz CT molecular complexity index is 444. The van der Waals surface area contributed by atoms with Crippen molar-refractivity contribution in [3.63, 3.8) is 0 Å². The fourth-order valence-electron chi connectivity index (χ4n) is 2.49. The maximum Gasteiger partial charge on any atom is 0.310 e. The van der Waals surface area contributed by atoms with Crippen molar-refractivity contribution in [2.45, 2.75) is 46.1 Å². The molecule has 0 aromatic carbocycles. The van der Waals surface area contributed by atoms with Crippen molar-refractivity contribution in [1.82, 2.24) is 10.2 Å². The normalized spacial score (nSPS) is 21.7. The minimum atomic E-state index is -0.868. The van der Waals surface area contributed by atoms with Crippen LogP contribution < -0.4 is 5.32 Å². The maximum atomic E-state index is 12.2. The van der Waals surface area contributed by atoms with Crippen LogP contribution in [0.2, 0.25) is 0 Å². The van der Waals surface area contributed by atoms with Crippen LogP contribution in [-0.4, -0.2) is 48.6 Å². The second-order valence-corrected chi connectivity index (χ2v) is 6.34. The van der Waals surface area contributed by atoms with E-state index in [1.54, 1.807) is 13.8 Å². The lowest BCUT2D eigenvalue weighted by atomic mass is 9.90. The summed E-state index contributed by atoms with van der Waals surface area (Å²) in [5.74, 6) is -0.497. The Hall–Kier alpha value is -1.61. The highest BCUT2D eigenvalue weighted by Crippen LogP contribution is 2.18. The van der Waals surface area contributed by atoms with Gasteiger partial charge >= 0.3 is 5.97 Å². The summed E-state index contributed by atoms with van der Waals surface area (Å²) in [5.41, 5.74) is -0.868. The molecule has 0 radical (unpaired) electrons. The van der Waals surface area contributed by atoms with Crippen LogP contribution in [0.1, 0.15) is 40.5 Å². The Labute approximate surface area is 132 Å². The molecule has 1 rings (SSSR count). The van der Waals surface area contributed by atoms with Gasteiger partial charge in [-0.2, -0.15) is 5.26 Å². The van der Waals surface area contributed by atoms with Crippen molar-refractivity contribution in [3.8, 4) is 6.07 Å². The van der Waals surface area contributed by atoms with Gasteiger partial charge in [0.1, 0.15) is 5.54 Å². The van der Waals surface area contributed by atoms with Gasteiger partial charge in [-0.3, -0.25) is 14.5 Å². The number of nitrogens with zero attached hydrogens (tertiary/aromatic N) is 2. The predicted octanol–water partition coefficient (Wildman–Crippen LogP) is 1.32. The number of likely N-dealkylation sites (tertiary alicyclic amines) is 1. The molecule has 1 heterocycles. The molecular weight excluding hydrogens is 282 g/mol. The van der Waals surface area contributed by atoms with Crippen molar-refractivity contribution < 1.29 is 14.3 Å². The Kier molecular flexibility index (Phi) is 6.82. The Morgan fingerprint density at radius 1 is 1.50 bits per heavy atom. The summed E-state index contributed by atoms with van der Waals surface area (Å²) in [5, 5.41) is 12.0. The summed E-state index contributed by atoms with van der Waals surface area (Å²) in [6.07, 6.45) is 1.68. The van der Waals surface area contributed by atoms with Gasteiger partial charge in [0, 0.05) is 6.54 Å². The van der Waals surface area contributed by atoms with Crippen LogP contribution in [0, 0.1) is 23.2 Å². The highest BCUT2D eigenvalue weighted by molar-refractivity contribution is 5.79. The Morgan fingerprint density at radius 3 is 2.73 bits per heavy atom. The number of ether oxygens (including phenoxy) is 1. The third kappa shape index (κ3) is 4.99. The van der Waals surface area contributed by atoms with Gasteiger partial charge in [-0.05, 0) is 39.2 Å².